The van der Waals surface area contributed by atoms with Gasteiger partial charge in [0.1, 0.15) is 9.88 Å². The average molecular weight is 435 g/mol. The first kappa shape index (κ1) is 19.0. The Bertz CT molecular complexity index is 1230. The van der Waals surface area contributed by atoms with Crippen LogP contribution in [0.3, 0.4) is 0 Å². The van der Waals surface area contributed by atoms with Gasteiger partial charge in [0.25, 0.3) is 5.91 Å². The van der Waals surface area contributed by atoms with Gasteiger partial charge in [0.15, 0.2) is 6.61 Å². The molecular weight excluding hydrogens is 416 g/mol. The topological polar surface area (TPSA) is 59.5 Å². The Morgan fingerprint density at radius 1 is 1.07 bits per heavy atom. The van der Waals surface area contributed by atoms with Crippen LogP contribution < -0.4 is 4.90 Å². The number of thiophene rings is 1. The van der Waals surface area contributed by atoms with Crippen molar-refractivity contribution < 1.29 is 14.3 Å². The van der Waals surface area contributed by atoms with Crippen LogP contribution in [0, 0.1) is 0 Å². The van der Waals surface area contributed by atoms with Crippen molar-refractivity contribution in [3.8, 4) is 9.88 Å². The fourth-order valence-electron chi connectivity index (χ4n) is 3.75. The molecule has 1 aliphatic heterocycles. The van der Waals surface area contributed by atoms with Crippen LogP contribution >= 0.6 is 22.7 Å². The van der Waals surface area contributed by atoms with Crippen molar-refractivity contribution in [2.45, 2.75) is 19.4 Å². The molecule has 0 saturated heterocycles. The molecule has 0 saturated carbocycles. The van der Waals surface area contributed by atoms with Crippen LogP contribution in [0.15, 0.2) is 60.7 Å². The smallest absolute Gasteiger partial charge is 0.348 e. The Morgan fingerprint density at radius 2 is 1.87 bits per heavy atom. The summed E-state index contributed by atoms with van der Waals surface area (Å²) in [6.07, 6.45) is 0.812. The van der Waals surface area contributed by atoms with Crippen LogP contribution in [-0.4, -0.2) is 29.5 Å². The summed E-state index contributed by atoms with van der Waals surface area (Å²) in [5.41, 5.74) is 2.99. The van der Waals surface area contributed by atoms with Gasteiger partial charge in [-0.2, -0.15) is 0 Å². The van der Waals surface area contributed by atoms with Crippen LogP contribution in [-0.2, 0) is 16.0 Å². The number of hydrogen-bond acceptors (Lipinski definition) is 6. The molecular formula is C23H18N2O3S2. The molecule has 5 nitrogen and oxygen atoms in total. The molecule has 1 atom stereocenters. The minimum absolute atomic E-state index is 0.0565. The molecule has 2 aromatic carbocycles. The summed E-state index contributed by atoms with van der Waals surface area (Å²) in [7, 11) is 0. The predicted molar refractivity (Wildman–Crippen MR) is 120 cm³/mol. The second-order valence-corrected chi connectivity index (χ2v) is 9.29. The van der Waals surface area contributed by atoms with E-state index in [1.165, 1.54) is 11.3 Å². The minimum Gasteiger partial charge on any atom is -0.451 e. The van der Waals surface area contributed by atoms with E-state index in [-0.39, 0.29) is 18.6 Å². The first-order valence-corrected chi connectivity index (χ1v) is 11.3. The van der Waals surface area contributed by atoms with Crippen molar-refractivity contribution in [2.24, 2.45) is 0 Å². The van der Waals surface area contributed by atoms with Crippen LogP contribution in [0.4, 0.5) is 5.69 Å². The normalized spacial score (nSPS) is 15.4. The highest BCUT2D eigenvalue weighted by atomic mass is 32.1. The lowest BCUT2D eigenvalue weighted by molar-refractivity contribution is -0.122. The number of benzene rings is 2. The Morgan fingerprint density at radius 3 is 2.73 bits per heavy atom. The van der Waals surface area contributed by atoms with Crippen molar-refractivity contribution in [1.82, 2.24) is 4.98 Å². The van der Waals surface area contributed by atoms with Gasteiger partial charge in [-0.05, 0) is 49.2 Å². The summed E-state index contributed by atoms with van der Waals surface area (Å²) in [6.45, 7) is 1.73. The van der Waals surface area contributed by atoms with Crippen molar-refractivity contribution >= 4 is 50.5 Å². The molecule has 3 heterocycles. The van der Waals surface area contributed by atoms with E-state index < -0.39 is 5.97 Å². The molecule has 0 radical (unpaired) electrons. The van der Waals surface area contributed by atoms with Crippen molar-refractivity contribution in [1.29, 1.82) is 0 Å². The number of carbonyl (C=O) groups is 2. The van der Waals surface area contributed by atoms with Gasteiger partial charge >= 0.3 is 5.97 Å². The molecule has 0 bridgehead atoms. The minimum atomic E-state index is -0.485. The number of amides is 1. The van der Waals surface area contributed by atoms with E-state index in [4.69, 9.17) is 4.74 Å². The summed E-state index contributed by atoms with van der Waals surface area (Å²) >= 11 is 2.92. The molecule has 1 amide bonds. The Hall–Kier alpha value is -3.03. The molecule has 1 aliphatic rings. The third-order valence-corrected chi connectivity index (χ3v) is 7.39. The molecule has 4 aromatic rings. The van der Waals surface area contributed by atoms with E-state index in [1.54, 1.807) is 22.3 Å². The van der Waals surface area contributed by atoms with Crippen molar-refractivity contribution in [3.63, 3.8) is 0 Å². The van der Waals surface area contributed by atoms with Gasteiger partial charge in [-0.15, -0.1) is 22.7 Å². The summed E-state index contributed by atoms with van der Waals surface area (Å²) in [4.78, 5) is 33.0. The van der Waals surface area contributed by atoms with E-state index in [0.717, 1.165) is 37.8 Å². The number of hydrogen-bond donors (Lipinski definition) is 0. The van der Waals surface area contributed by atoms with Gasteiger partial charge in [0.2, 0.25) is 0 Å². The Labute approximate surface area is 181 Å². The van der Waals surface area contributed by atoms with Gasteiger partial charge < -0.3 is 9.64 Å². The second-order valence-electron chi connectivity index (χ2n) is 7.17. The standard InChI is InChI=1S/C23H18N2O3S2/c1-14-12-15-6-2-4-8-17(15)25(14)21(26)13-28-23(27)20-11-10-19(29-20)22-24-16-7-3-5-9-18(16)30-22/h2-11,14H,12-13H2,1H3/t14-/m1/s1. The summed E-state index contributed by atoms with van der Waals surface area (Å²) in [6, 6.07) is 19.5. The lowest BCUT2D eigenvalue weighted by atomic mass is 10.1. The van der Waals surface area contributed by atoms with Crippen LogP contribution in [0.1, 0.15) is 22.2 Å². The van der Waals surface area contributed by atoms with E-state index in [2.05, 4.69) is 4.98 Å². The maximum absolute atomic E-state index is 12.7. The number of esters is 1. The molecule has 2 aromatic heterocycles. The molecule has 5 rings (SSSR count). The molecule has 0 spiro atoms. The summed E-state index contributed by atoms with van der Waals surface area (Å²) < 4.78 is 6.44. The first-order valence-electron chi connectivity index (χ1n) is 9.63. The van der Waals surface area contributed by atoms with Crippen molar-refractivity contribution in [3.05, 3.63) is 71.1 Å². The number of rotatable bonds is 4. The molecule has 30 heavy (non-hydrogen) atoms. The number of aromatic nitrogens is 1. The number of anilines is 1. The highest BCUT2D eigenvalue weighted by Gasteiger charge is 2.31. The highest BCUT2D eigenvalue weighted by molar-refractivity contribution is 7.26. The zero-order chi connectivity index (χ0) is 20.7. The van der Waals surface area contributed by atoms with Gasteiger partial charge in [-0.3, -0.25) is 4.79 Å². The summed E-state index contributed by atoms with van der Waals surface area (Å²) in [5.74, 6) is -0.690. The molecule has 150 valence electrons. The number of para-hydroxylation sites is 2. The van der Waals surface area contributed by atoms with Crippen LogP contribution in [0.2, 0.25) is 0 Å². The van der Waals surface area contributed by atoms with Crippen LogP contribution in [0.5, 0.6) is 0 Å². The number of nitrogens with zero attached hydrogens (tertiary/aromatic N) is 2. The number of thiazole rings is 1. The fourth-order valence-corrected chi connectivity index (χ4v) is 5.67. The zero-order valence-electron chi connectivity index (χ0n) is 16.2. The SMILES string of the molecule is C[C@@H]1Cc2ccccc2N1C(=O)COC(=O)c1ccc(-c2nc3ccccc3s2)s1. The molecule has 7 heteroatoms. The average Bonchev–Trinajstić information content (AvgIpc) is 3.47. The maximum atomic E-state index is 12.7. The largest absolute Gasteiger partial charge is 0.451 e. The first-order chi connectivity index (χ1) is 14.6. The van der Waals surface area contributed by atoms with Gasteiger partial charge in [0, 0.05) is 11.7 Å². The molecule has 0 unspecified atom stereocenters. The van der Waals surface area contributed by atoms with E-state index >= 15 is 0 Å². The van der Waals surface area contributed by atoms with E-state index in [9.17, 15) is 9.59 Å². The predicted octanol–water partition coefficient (Wildman–Crippen LogP) is 5.16. The van der Waals surface area contributed by atoms with Gasteiger partial charge in [0.05, 0.1) is 15.1 Å². The van der Waals surface area contributed by atoms with E-state index in [1.807, 2.05) is 61.5 Å². The second kappa shape index (κ2) is 7.66. The Balaban J connectivity index is 1.27. The monoisotopic (exact) mass is 434 g/mol. The maximum Gasteiger partial charge on any atom is 0.348 e. The number of ether oxygens (including phenoxy) is 1. The molecule has 0 aliphatic carbocycles. The lowest BCUT2D eigenvalue weighted by Crippen LogP contribution is -2.38. The third kappa shape index (κ3) is 3.40. The number of carbonyl (C=O) groups excluding carboxylic acids is 2. The fraction of sp³-hybridized carbons (Fsp3) is 0.174. The van der Waals surface area contributed by atoms with Crippen molar-refractivity contribution in [2.75, 3.05) is 11.5 Å². The van der Waals surface area contributed by atoms with E-state index in [0.29, 0.717) is 4.88 Å². The zero-order valence-corrected chi connectivity index (χ0v) is 17.8. The quantitative estimate of drug-likeness (QED) is 0.416. The lowest BCUT2D eigenvalue weighted by Gasteiger charge is -2.22. The third-order valence-electron chi connectivity index (χ3n) is 5.11. The Kier molecular flexibility index (Phi) is 4.84. The van der Waals surface area contributed by atoms with Gasteiger partial charge in [-0.25, -0.2) is 9.78 Å². The van der Waals surface area contributed by atoms with Crippen LogP contribution in [0.25, 0.3) is 20.1 Å². The molecule has 0 N–H and O–H groups in total. The molecule has 0 fully saturated rings. The summed E-state index contributed by atoms with van der Waals surface area (Å²) in [5, 5.41) is 0.874. The highest BCUT2D eigenvalue weighted by Crippen LogP contribution is 2.35. The van der Waals surface area contributed by atoms with Gasteiger partial charge in [-0.1, -0.05) is 30.3 Å². The number of fused-ring (bicyclic) bond motifs is 2.